The maximum absolute atomic E-state index is 13.6. The molecule has 0 aliphatic carbocycles. The molecule has 2 rings (SSSR count). The number of aliphatic hydroxyl groups excluding tert-OH is 1. The normalized spacial score (nSPS) is 11.7. The Balaban J connectivity index is 2.05. The zero-order chi connectivity index (χ0) is 14.5. The van der Waals surface area contributed by atoms with Gasteiger partial charge in [0.05, 0.1) is 23.4 Å². The predicted molar refractivity (Wildman–Crippen MR) is 78.7 cm³/mol. The molecular weight excluding hydrogens is 323 g/mol. The minimum Gasteiger partial charge on any atom is -0.387 e. The molecule has 0 bridgehead atoms. The van der Waals surface area contributed by atoms with Crippen LogP contribution in [0.1, 0.15) is 17.2 Å². The smallest absolute Gasteiger partial charge is 0.147 e. The molecule has 0 saturated heterocycles. The number of halogens is 2. The van der Waals surface area contributed by atoms with Crippen LogP contribution < -0.4 is 5.32 Å². The van der Waals surface area contributed by atoms with Gasteiger partial charge in [-0.25, -0.2) is 4.39 Å². The van der Waals surface area contributed by atoms with Crippen LogP contribution in [0.2, 0.25) is 0 Å². The van der Waals surface area contributed by atoms with Gasteiger partial charge in [0.2, 0.25) is 0 Å². The van der Waals surface area contributed by atoms with Crippen molar-refractivity contribution < 1.29 is 9.50 Å². The Labute approximate surface area is 124 Å². The summed E-state index contributed by atoms with van der Waals surface area (Å²) in [5.41, 5.74) is 1.52. The first kappa shape index (κ1) is 14.5. The van der Waals surface area contributed by atoms with Crippen LogP contribution in [0.25, 0.3) is 0 Å². The molecule has 0 aromatic heterocycles. The van der Waals surface area contributed by atoms with E-state index in [0.717, 1.165) is 0 Å². The fraction of sp³-hybridized carbons (Fsp3) is 0.133. The second kappa shape index (κ2) is 6.51. The number of nitrogens with zero attached hydrogens (tertiary/aromatic N) is 1. The Bertz CT molecular complexity index is 617. The zero-order valence-electron chi connectivity index (χ0n) is 10.5. The molecule has 0 heterocycles. The molecule has 20 heavy (non-hydrogen) atoms. The van der Waals surface area contributed by atoms with Crippen LogP contribution in [-0.4, -0.2) is 11.7 Å². The molecule has 2 aromatic carbocycles. The van der Waals surface area contributed by atoms with Gasteiger partial charge < -0.3 is 10.4 Å². The van der Waals surface area contributed by atoms with Crippen molar-refractivity contribution in [3.8, 4) is 6.07 Å². The number of nitrogens with one attached hydrogen (secondary N) is 1. The second-order valence-corrected chi connectivity index (χ2v) is 5.08. The number of nitriles is 1. The highest BCUT2D eigenvalue weighted by atomic mass is 79.9. The summed E-state index contributed by atoms with van der Waals surface area (Å²) in [6.45, 7) is 0.172. The van der Waals surface area contributed by atoms with Crippen molar-refractivity contribution in [2.45, 2.75) is 6.10 Å². The van der Waals surface area contributed by atoms with E-state index >= 15 is 0 Å². The first-order chi connectivity index (χ1) is 9.61. The number of para-hydroxylation sites is 1. The summed E-state index contributed by atoms with van der Waals surface area (Å²) in [5.74, 6) is -0.383. The van der Waals surface area contributed by atoms with E-state index < -0.39 is 6.10 Å². The summed E-state index contributed by atoms with van der Waals surface area (Å²) in [5, 5.41) is 21.6. The molecular formula is C15H12BrFN2O. The highest BCUT2D eigenvalue weighted by Crippen LogP contribution is 2.26. The van der Waals surface area contributed by atoms with Crippen molar-refractivity contribution in [2.24, 2.45) is 0 Å². The molecule has 5 heteroatoms. The molecule has 0 amide bonds. The largest absolute Gasteiger partial charge is 0.387 e. The first-order valence-corrected chi connectivity index (χ1v) is 6.77. The molecule has 2 N–H and O–H groups in total. The van der Waals surface area contributed by atoms with Gasteiger partial charge in [-0.1, -0.05) is 18.2 Å². The van der Waals surface area contributed by atoms with Crippen molar-refractivity contribution in [1.82, 2.24) is 0 Å². The van der Waals surface area contributed by atoms with Crippen molar-refractivity contribution in [3.05, 3.63) is 63.9 Å². The molecule has 102 valence electrons. The molecule has 0 saturated carbocycles. The van der Waals surface area contributed by atoms with E-state index in [1.165, 1.54) is 6.07 Å². The maximum Gasteiger partial charge on any atom is 0.147 e. The van der Waals surface area contributed by atoms with Gasteiger partial charge >= 0.3 is 0 Å². The molecule has 1 unspecified atom stereocenters. The van der Waals surface area contributed by atoms with Crippen molar-refractivity contribution >= 4 is 21.6 Å². The number of hydrogen-bond acceptors (Lipinski definition) is 3. The lowest BCUT2D eigenvalue weighted by atomic mass is 10.1. The zero-order valence-corrected chi connectivity index (χ0v) is 12.1. The Morgan fingerprint density at radius 2 is 1.95 bits per heavy atom. The standard InChI is InChI=1S/C15H12BrFN2O/c16-12-2-1-3-13(17)15(12)19-9-14(20)11-6-4-10(8-18)5-7-11/h1-7,14,19-20H,9H2. The van der Waals surface area contributed by atoms with Gasteiger partial charge in [0.25, 0.3) is 0 Å². The lowest BCUT2D eigenvalue weighted by Crippen LogP contribution is -2.13. The van der Waals surface area contributed by atoms with E-state index in [1.807, 2.05) is 6.07 Å². The van der Waals surface area contributed by atoms with Crippen molar-refractivity contribution in [2.75, 3.05) is 11.9 Å². The summed E-state index contributed by atoms with van der Waals surface area (Å²) in [6, 6.07) is 13.3. The Morgan fingerprint density at radius 1 is 1.25 bits per heavy atom. The number of benzene rings is 2. The highest BCUT2D eigenvalue weighted by Gasteiger charge is 2.10. The van der Waals surface area contributed by atoms with E-state index in [4.69, 9.17) is 5.26 Å². The molecule has 2 aromatic rings. The molecule has 0 fully saturated rings. The summed E-state index contributed by atoms with van der Waals surface area (Å²) in [7, 11) is 0. The number of rotatable bonds is 4. The molecule has 3 nitrogen and oxygen atoms in total. The van der Waals surface area contributed by atoms with Crippen LogP contribution in [0.4, 0.5) is 10.1 Å². The molecule has 0 spiro atoms. The Kier molecular flexibility index (Phi) is 4.72. The predicted octanol–water partition coefficient (Wildman–Crippen LogP) is 3.61. The molecule has 0 radical (unpaired) electrons. The Hall–Kier alpha value is -1.90. The summed E-state index contributed by atoms with van der Waals surface area (Å²) in [6.07, 6.45) is -0.783. The number of aliphatic hydroxyl groups is 1. The first-order valence-electron chi connectivity index (χ1n) is 5.98. The van der Waals surface area contributed by atoms with Gasteiger partial charge in [-0.2, -0.15) is 5.26 Å². The van der Waals surface area contributed by atoms with Crippen LogP contribution in [0, 0.1) is 17.1 Å². The highest BCUT2D eigenvalue weighted by molar-refractivity contribution is 9.10. The van der Waals surface area contributed by atoms with Crippen molar-refractivity contribution in [3.63, 3.8) is 0 Å². The Morgan fingerprint density at radius 3 is 2.55 bits per heavy atom. The van der Waals surface area contributed by atoms with E-state index in [0.29, 0.717) is 21.3 Å². The van der Waals surface area contributed by atoms with Crippen LogP contribution in [-0.2, 0) is 0 Å². The third-order valence-electron chi connectivity index (χ3n) is 2.86. The third kappa shape index (κ3) is 3.35. The minimum atomic E-state index is -0.783. The topological polar surface area (TPSA) is 56.0 Å². The fourth-order valence-electron chi connectivity index (χ4n) is 1.76. The monoisotopic (exact) mass is 334 g/mol. The van der Waals surface area contributed by atoms with Gasteiger partial charge in [-0.3, -0.25) is 0 Å². The van der Waals surface area contributed by atoms with Gasteiger partial charge in [-0.05, 0) is 45.8 Å². The average molecular weight is 335 g/mol. The quantitative estimate of drug-likeness (QED) is 0.898. The molecule has 0 aliphatic heterocycles. The van der Waals surface area contributed by atoms with Crippen LogP contribution in [0.15, 0.2) is 46.9 Å². The maximum atomic E-state index is 13.6. The second-order valence-electron chi connectivity index (χ2n) is 4.23. The van der Waals surface area contributed by atoms with Gasteiger partial charge in [0, 0.05) is 11.0 Å². The van der Waals surface area contributed by atoms with Gasteiger partial charge in [0.15, 0.2) is 0 Å². The third-order valence-corrected chi connectivity index (χ3v) is 3.52. The summed E-state index contributed by atoms with van der Waals surface area (Å²) < 4.78 is 14.2. The van der Waals surface area contributed by atoms with E-state index in [9.17, 15) is 9.50 Å². The molecule has 1 atom stereocenters. The number of hydrogen-bond donors (Lipinski definition) is 2. The summed E-state index contributed by atoms with van der Waals surface area (Å²) in [4.78, 5) is 0. The minimum absolute atomic E-state index is 0.172. The van der Waals surface area contributed by atoms with Crippen LogP contribution >= 0.6 is 15.9 Å². The van der Waals surface area contributed by atoms with Crippen molar-refractivity contribution in [1.29, 1.82) is 5.26 Å². The fourth-order valence-corrected chi connectivity index (χ4v) is 2.25. The van der Waals surface area contributed by atoms with Gasteiger partial charge in [-0.15, -0.1) is 0 Å². The van der Waals surface area contributed by atoms with Crippen LogP contribution in [0.3, 0.4) is 0 Å². The molecule has 0 aliphatic rings. The lowest BCUT2D eigenvalue weighted by molar-refractivity contribution is 0.191. The lowest BCUT2D eigenvalue weighted by Gasteiger charge is -2.14. The van der Waals surface area contributed by atoms with E-state index in [-0.39, 0.29) is 12.4 Å². The SMILES string of the molecule is N#Cc1ccc(C(O)CNc2c(F)cccc2Br)cc1. The number of anilines is 1. The van der Waals surface area contributed by atoms with E-state index in [2.05, 4.69) is 21.2 Å². The van der Waals surface area contributed by atoms with E-state index in [1.54, 1.807) is 36.4 Å². The average Bonchev–Trinajstić information content (AvgIpc) is 2.46. The van der Waals surface area contributed by atoms with Gasteiger partial charge in [0.1, 0.15) is 5.82 Å². The van der Waals surface area contributed by atoms with Crippen LogP contribution in [0.5, 0.6) is 0 Å². The summed E-state index contributed by atoms with van der Waals surface area (Å²) >= 11 is 3.25.